The van der Waals surface area contributed by atoms with Gasteiger partial charge in [0.15, 0.2) is 0 Å². The number of benzene rings is 1. The van der Waals surface area contributed by atoms with Crippen LogP contribution >= 0.6 is 15.9 Å². The zero-order valence-electron chi connectivity index (χ0n) is 13.3. The lowest BCUT2D eigenvalue weighted by Gasteiger charge is -2.13. The van der Waals surface area contributed by atoms with Crippen molar-refractivity contribution in [3.8, 4) is 0 Å². The van der Waals surface area contributed by atoms with Crippen LogP contribution in [0.25, 0.3) is 0 Å². The van der Waals surface area contributed by atoms with Gasteiger partial charge < -0.3 is 10.6 Å². The van der Waals surface area contributed by atoms with Gasteiger partial charge in [-0.1, -0.05) is 27.6 Å². The first-order chi connectivity index (χ1) is 10.6. The number of rotatable bonds is 7. The highest BCUT2D eigenvalue weighted by molar-refractivity contribution is 9.10. The molecule has 0 unspecified atom stereocenters. The van der Waals surface area contributed by atoms with E-state index in [1.807, 2.05) is 12.1 Å². The molecule has 0 aliphatic heterocycles. The number of allylic oxidation sites excluding steroid dienone is 1. The Kier molecular flexibility index (Phi) is 6.97. The monoisotopic (exact) mass is 364 g/mol. The van der Waals surface area contributed by atoms with E-state index in [4.69, 9.17) is 0 Å². The maximum atomic E-state index is 11.8. The molecule has 1 amide bonds. The molecule has 2 rings (SSSR count). The highest BCUT2D eigenvalue weighted by Gasteiger charge is 2.05. The summed E-state index contributed by atoms with van der Waals surface area (Å²) >= 11 is 3.49. The molecule has 1 aromatic carbocycles. The summed E-state index contributed by atoms with van der Waals surface area (Å²) in [5.74, 6) is 0.123. The average Bonchev–Trinajstić information content (AvgIpc) is 2.52. The number of amides is 1. The average molecular weight is 365 g/mol. The lowest BCUT2D eigenvalue weighted by molar-refractivity contribution is -0.120. The second-order valence-corrected chi connectivity index (χ2v) is 6.70. The fourth-order valence-electron chi connectivity index (χ4n) is 2.66. The van der Waals surface area contributed by atoms with Crippen molar-refractivity contribution in [3.63, 3.8) is 0 Å². The van der Waals surface area contributed by atoms with Crippen LogP contribution in [0.2, 0.25) is 0 Å². The first-order valence-corrected chi connectivity index (χ1v) is 8.89. The Morgan fingerprint density at radius 1 is 1.27 bits per heavy atom. The smallest absolute Gasteiger partial charge is 0.221 e. The van der Waals surface area contributed by atoms with Crippen molar-refractivity contribution in [1.82, 2.24) is 5.32 Å². The number of carbonyl (C=O) groups is 1. The largest absolute Gasteiger partial charge is 0.385 e. The number of halogens is 1. The molecule has 0 bridgehead atoms. The van der Waals surface area contributed by atoms with Gasteiger partial charge in [0.05, 0.1) is 0 Å². The van der Waals surface area contributed by atoms with Crippen LogP contribution in [0.4, 0.5) is 5.69 Å². The van der Waals surface area contributed by atoms with Crippen molar-refractivity contribution in [2.75, 3.05) is 18.4 Å². The molecule has 0 radical (unpaired) electrons. The van der Waals surface area contributed by atoms with Crippen LogP contribution in [0.3, 0.4) is 0 Å². The molecule has 4 heteroatoms. The van der Waals surface area contributed by atoms with Crippen LogP contribution in [0.1, 0.15) is 44.1 Å². The van der Waals surface area contributed by atoms with Crippen molar-refractivity contribution >= 4 is 27.5 Å². The van der Waals surface area contributed by atoms with Crippen molar-refractivity contribution in [2.24, 2.45) is 0 Å². The minimum absolute atomic E-state index is 0.123. The van der Waals surface area contributed by atoms with Gasteiger partial charge in [0, 0.05) is 29.7 Å². The second-order valence-electron chi connectivity index (χ2n) is 5.85. The first kappa shape index (κ1) is 17.1. The topological polar surface area (TPSA) is 41.1 Å². The highest BCUT2D eigenvalue weighted by atomic mass is 79.9. The highest BCUT2D eigenvalue weighted by Crippen LogP contribution is 2.20. The lowest BCUT2D eigenvalue weighted by Crippen LogP contribution is -2.26. The fraction of sp³-hybridized carbons (Fsp3) is 0.500. The number of hydrogen-bond donors (Lipinski definition) is 2. The third-order valence-electron chi connectivity index (χ3n) is 3.99. The Hall–Kier alpha value is -1.29. The molecule has 0 spiro atoms. The van der Waals surface area contributed by atoms with Gasteiger partial charge in [0.2, 0.25) is 5.91 Å². The summed E-state index contributed by atoms with van der Waals surface area (Å²) in [4.78, 5) is 11.8. The van der Waals surface area contributed by atoms with Crippen LogP contribution in [0.15, 0.2) is 34.3 Å². The third-order valence-corrected chi connectivity index (χ3v) is 4.88. The van der Waals surface area contributed by atoms with E-state index in [1.54, 1.807) is 0 Å². The molecule has 0 aromatic heterocycles. The van der Waals surface area contributed by atoms with E-state index in [1.165, 1.54) is 36.8 Å². The van der Waals surface area contributed by atoms with Crippen LogP contribution in [0.5, 0.6) is 0 Å². The number of carbonyl (C=O) groups excluding carboxylic acids is 1. The fourth-order valence-corrected chi connectivity index (χ4v) is 2.90. The van der Waals surface area contributed by atoms with E-state index in [9.17, 15) is 4.79 Å². The van der Waals surface area contributed by atoms with Gasteiger partial charge >= 0.3 is 0 Å². The second kappa shape index (κ2) is 8.99. The van der Waals surface area contributed by atoms with Crippen molar-refractivity contribution in [2.45, 2.75) is 45.4 Å². The summed E-state index contributed by atoms with van der Waals surface area (Å²) in [5, 5.41) is 6.30. The molecular weight excluding hydrogens is 340 g/mol. The predicted molar refractivity (Wildman–Crippen MR) is 96.2 cm³/mol. The van der Waals surface area contributed by atoms with E-state index in [0.29, 0.717) is 13.0 Å². The van der Waals surface area contributed by atoms with E-state index >= 15 is 0 Å². The Morgan fingerprint density at radius 2 is 2.14 bits per heavy atom. The summed E-state index contributed by atoms with van der Waals surface area (Å²) in [5.41, 5.74) is 3.76. The molecule has 0 heterocycles. The number of aryl methyl sites for hydroxylation is 1. The zero-order valence-corrected chi connectivity index (χ0v) is 14.8. The molecule has 1 aliphatic carbocycles. The Morgan fingerprint density at radius 3 is 2.86 bits per heavy atom. The van der Waals surface area contributed by atoms with E-state index in [2.05, 4.69) is 45.6 Å². The summed E-state index contributed by atoms with van der Waals surface area (Å²) in [6, 6.07) is 6.12. The van der Waals surface area contributed by atoms with Crippen molar-refractivity contribution in [3.05, 3.63) is 39.9 Å². The van der Waals surface area contributed by atoms with Crippen LogP contribution in [0, 0.1) is 6.92 Å². The minimum Gasteiger partial charge on any atom is -0.385 e. The molecule has 0 saturated carbocycles. The lowest BCUT2D eigenvalue weighted by atomic mass is 9.97. The quantitative estimate of drug-likeness (QED) is 0.695. The van der Waals surface area contributed by atoms with Crippen LogP contribution in [-0.2, 0) is 4.79 Å². The van der Waals surface area contributed by atoms with Gasteiger partial charge in [-0.25, -0.2) is 0 Å². The maximum absolute atomic E-state index is 11.8. The van der Waals surface area contributed by atoms with Gasteiger partial charge in [-0.05, 0) is 62.8 Å². The molecule has 2 N–H and O–H groups in total. The Bertz CT molecular complexity index is 540. The molecule has 22 heavy (non-hydrogen) atoms. The zero-order chi connectivity index (χ0) is 15.8. The van der Waals surface area contributed by atoms with E-state index in [0.717, 1.165) is 23.1 Å². The Labute approximate surface area is 141 Å². The molecule has 1 aliphatic rings. The Balaban J connectivity index is 1.61. The van der Waals surface area contributed by atoms with Gasteiger partial charge in [-0.3, -0.25) is 4.79 Å². The maximum Gasteiger partial charge on any atom is 0.221 e. The van der Waals surface area contributed by atoms with Gasteiger partial charge in [-0.15, -0.1) is 0 Å². The number of nitrogens with one attached hydrogen (secondary N) is 2. The summed E-state index contributed by atoms with van der Waals surface area (Å²) in [7, 11) is 0. The van der Waals surface area contributed by atoms with Gasteiger partial charge in [0.1, 0.15) is 0 Å². The molecular formula is C18H25BrN2O. The van der Waals surface area contributed by atoms with Crippen LogP contribution in [-0.4, -0.2) is 19.0 Å². The van der Waals surface area contributed by atoms with Crippen molar-refractivity contribution in [1.29, 1.82) is 0 Å². The van der Waals surface area contributed by atoms with Crippen molar-refractivity contribution < 1.29 is 4.79 Å². The van der Waals surface area contributed by atoms with Crippen LogP contribution < -0.4 is 10.6 Å². The molecule has 0 fully saturated rings. The number of anilines is 1. The normalized spacial score (nSPS) is 14.4. The molecule has 120 valence electrons. The van der Waals surface area contributed by atoms with E-state index < -0.39 is 0 Å². The third kappa shape index (κ3) is 5.84. The number of hydrogen-bond acceptors (Lipinski definition) is 2. The molecule has 0 atom stereocenters. The van der Waals surface area contributed by atoms with Gasteiger partial charge in [0.25, 0.3) is 0 Å². The predicted octanol–water partition coefficient (Wildman–Crippen LogP) is 4.57. The SMILES string of the molecule is Cc1cc(NCCC(=O)NCCC2=CCCCC2)ccc1Br. The molecule has 0 saturated heterocycles. The minimum atomic E-state index is 0.123. The molecule has 3 nitrogen and oxygen atoms in total. The first-order valence-electron chi connectivity index (χ1n) is 8.10. The summed E-state index contributed by atoms with van der Waals surface area (Å²) in [6.07, 6.45) is 8.89. The summed E-state index contributed by atoms with van der Waals surface area (Å²) < 4.78 is 1.10. The summed E-state index contributed by atoms with van der Waals surface area (Å²) in [6.45, 7) is 3.49. The van der Waals surface area contributed by atoms with Gasteiger partial charge in [-0.2, -0.15) is 0 Å². The molecule has 1 aromatic rings. The standard InChI is InChI=1S/C18H25BrN2O/c1-14-13-16(7-8-17(14)19)20-12-10-18(22)21-11-9-15-5-3-2-4-6-15/h5,7-8,13,20H,2-4,6,9-12H2,1H3,(H,21,22). The van der Waals surface area contributed by atoms with E-state index in [-0.39, 0.29) is 5.91 Å².